The van der Waals surface area contributed by atoms with Gasteiger partial charge in [0.15, 0.2) is 0 Å². The minimum atomic E-state index is -4.90. The number of aromatic amines is 1. The van der Waals surface area contributed by atoms with Crippen molar-refractivity contribution in [3.63, 3.8) is 0 Å². The molecule has 13 nitrogen and oxygen atoms in total. The number of likely N-dealkylation sites (tertiary alicyclic amines) is 1. The van der Waals surface area contributed by atoms with Crippen molar-refractivity contribution >= 4 is 35.3 Å². The molecule has 0 bridgehead atoms. The van der Waals surface area contributed by atoms with Crippen LogP contribution >= 0.6 is 0 Å². The summed E-state index contributed by atoms with van der Waals surface area (Å²) in [6.07, 6.45) is -0.440. The fourth-order valence-electron chi connectivity index (χ4n) is 8.30. The molecule has 4 amide bonds. The maximum atomic E-state index is 15.6. The standard InChI is InChI=1S/C44H50F4N8O5/c1-24(2)37(53-42(60)61-6)41(59)56-15-7-8-35(56)38-50-22-34(51-38)27-11-9-26(10-12-27)29-18-32(45)33(19-30(29)44(46,47)48)52-39(57)28-13-14-36(49-21-28)55-17-16-54(23-25(55)3)40(58)31-20-43(31,4)5/h9-14,18-19,21-22,24-25,31,35,37H,7-8,15-17,20,23H2,1-6H3,(H,50,51)(H,52,57)(H,53,60)/t25?,31-,35?,37+/m1/s1. The summed E-state index contributed by atoms with van der Waals surface area (Å²) in [6, 6.07) is 9.22. The van der Waals surface area contributed by atoms with Gasteiger partial charge in [-0.15, -0.1) is 0 Å². The van der Waals surface area contributed by atoms with E-state index in [2.05, 4.69) is 34.4 Å². The molecule has 61 heavy (non-hydrogen) atoms. The van der Waals surface area contributed by atoms with E-state index in [9.17, 15) is 32.3 Å². The first kappa shape index (κ1) is 43.1. The Balaban J connectivity index is 1.02. The summed E-state index contributed by atoms with van der Waals surface area (Å²) in [7, 11) is 1.23. The Morgan fingerprint density at radius 3 is 2.31 bits per heavy atom. The monoisotopic (exact) mass is 846 g/mol. The van der Waals surface area contributed by atoms with Crippen LogP contribution in [0.2, 0.25) is 0 Å². The lowest BCUT2D eigenvalue weighted by molar-refractivity contribution is -0.137. The highest BCUT2D eigenvalue weighted by atomic mass is 19.4. The maximum absolute atomic E-state index is 15.6. The van der Waals surface area contributed by atoms with E-state index in [4.69, 9.17) is 9.72 Å². The third-order valence-corrected chi connectivity index (χ3v) is 12.0. The zero-order chi connectivity index (χ0) is 44.0. The Labute approximate surface area is 351 Å². The first-order chi connectivity index (χ1) is 28.9. The number of nitrogens with one attached hydrogen (secondary N) is 3. The number of pyridine rings is 1. The second-order valence-electron chi connectivity index (χ2n) is 17.1. The van der Waals surface area contributed by atoms with Crippen LogP contribution in [0, 0.1) is 23.1 Å². The van der Waals surface area contributed by atoms with Gasteiger partial charge in [-0.05, 0) is 72.9 Å². The predicted molar refractivity (Wildman–Crippen MR) is 220 cm³/mol. The van der Waals surface area contributed by atoms with Crippen LogP contribution in [0.1, 0.15) is 81.7 Å². The summed E-state index contributed by atoms with van der Waals surface area (Å²) in [5, 5.41) is 4.90. The maximum Gasteiger partial charge on any atom is 0.417 e. The van der Waals surface area contributed by atoms with Crippen LogP contribution in [-0.4, -0.2) is 93.9 Å². The number of aromatic nitrogens is 3. The molecule has 0 spiro atoms. The summed E-state index contributed by atoms with van der Waals surface area (Å²) in [4.78, 5) is 69.4. The van der Waals surface area contributed by atoms with E-state index in [0.717, 1.165) is 18.9 Å². The largest absolute Gasteiger partial charge is 0.453 e. The lowest BCUT2D eigenvalue weighted by Crippen LogP contribution is -2.54. The molecule has 2 saturated heterocycles. The van der Waals surface area contributed by atoms with Gasteiger partial charge < -0.3 is 35.1 Å². The van der Waals surface area contributed by atoms with E-state index < -0.39 is 46.9 Å². The minimum absolute atomic E-state index is 0.0258. The highest BCUT2D eigenvalue weighted by Gasteiger charge is 2.52. The van der Waals surface area contributed by atoms with Crippen LogP contribution in [0.4, 0.5) is 33.9 Å². The number of amides is 4. The summed E-state index contributed by atoms with van der Waals surface area (Å²) < 4.78 is 63.8. The lowest BCUT2D eigenvalue weighted by atomic mass is 9.96. The van der Waals surface area contributed by atoms with Crippen LogP contribution in [-0.2, 0) is 20.5 Å². The molecule has 7 rings (SSSR count). The van der Waals surface area contributed by atoms with Gasteiger partial charge in [0.25, 0.3) is 5.91 Å². The molecule has 2 aliphatic heterocycles. The van der Waals surface area contributed by atoms with Crippen LogP contribution in [0.15, 0.2) is 60.9 Å². The van der Waals surface area contributed by atoms with Gasteiger partial charge in [0, 0.05) is 56.1 Å². The van der Waals surface area contributed by atoms with Crippen molar-refractivity contribution in [2.75, 3.05) is 43.5 Å². The quantitative estimate of drug-likeness (QED) is 0.138. The van der Waals surface area contributed by atoms with Gasteiger partial charge in [-0.2, -0.15) is 13.2 Å². The predicted octanol–water partition coefficient (Wildman–Crippen LogP) is 7.68. The van der Waals surface area contributed by atoms with E-state index in [1.54, 1.807) is 29.3 Å². The van der Waals surface area contributed by atoms with Crippen LogP contribution in [0.5, 0.6) is 0 Å². The molecule has 3 N–H and O–H groups in total. The van der Waals surface area contributed by atoms with E-state index in [0.29, 0.717) is 61.6 Å². The number of imidazole rings is 1. The Morgan fingerprint density at radius 2 is 1.70 bits per heavy atom. The molecule has 3 fully saturated rings. The van der Waals surface area contributed by atoms with E-state index in [1.807, 2.05) is 30.6 Å². The molecule has 3 aliphatic rings. The molecule has 1 aliphatic carbocycles. The molecule has 4 aromatic rings. The first-order valence-corrected chi connectivity index (χ1v) is 20.4. The molecule has 2 aromatic heterocycles. The fraction of sp³-hybridized carbons (Fsp3) is 0.455. The number of hydrogen-bond donors (Lipinski definition) is 3. The van der Waals surface area contributed by atoms with E-state index >= 15 is 4.39 Å². The van der Waals surface area contributed by atoms with Crippen molar-refractivity contribution in [1.82, 2.24) is 30.1 Å². The highest BCUT2D eigenvalue weighted by Crippen LogP contribution is 2.52. The summed E-state index contributed by atoms with van der Waals surface area (Å²) in [5.41, 5.74) is -0.998. The minimum Gasteiger partial charge on any atom is -0.453 e. The van der Waals surface area contributed by atoms with Crippen molar-refractivity contribution in [2.24, 2.45) is 17.3 Å². The van der Waals surface area contributed by atoms with E-state index in [1.165, 1.54) is 31.5 Å². The van der Waals surface area contributed by atoms with Crippen LogP contribution in [0.25, 0.3) is 22.4 Å². The number of ether oxygens (including phenoxy) is 1. The molecule has 4 atom stereocenters. The van der Waals surface area contributed by atoms with Gasteiger partial charge >= 0.3 is 12.3 Å². The average Bonchev–Trinajstić information content (AvgIpc) is 3.56. The lowest BCUT2D eigenvalue weighted by Gasteiger charge is -2.40. The Bertz CT molecular complexity index is 2300. The van der Waals surface area contributed by atoms with Gasteiger partial charge in [0.05, 0.1) is 35.7 Å². The Kier molecular flexibility index (Phi) is 11.9. The van der Waals surface area contributed by atoms with Gasteiger partial charge in [0.2, 0.25) is 11.8 Å². The zero-order valence-corrected chi connectivity index (χ0v) is 34.9. The molecule has 2 unspecified atom stereocenters. The number of H-pyrrole nitrogens is 1. The van der Waals surface area contributed by atoms with Gasteiger partial charge in [-0.1, -0.05) is 52.0 Å². The molecule has 0 radical (unpaired) electrons. The topological polar surface area (TPSA) is 153 Å². The van der Waals surface area contributed by atoms with Crippen molar-refractivity contribution in [2.45, 2.75) is 78.2 Å². The third kappa shape index (κ3) is 9.05. The fourth-order valence-corrected chi connectivity index (χ4v) is 8.30. The van der Waals surface area contributed by atoms with Gasteiger partial charge in [-0.3, -0.25) is 14.4 Å². The summed E-state index contributed by atoms with van der Waals surface area (Å²) in [6.45, 7) is 11.9. The first-order valence-electron chi connectivity index (χ1n) is 20.4. The smallest absolute Gasteiger partial charge is 0.417 e. The Morgan fingerprint density at radius 1 is 1.00 bits per heavy atom. The second-order valence-corrected chi connectivity index (χ2v) is 17.1. The summed E-state index contributed by atoms with van der Waals surface area (Å²) >= 11 is 0. The molecule has 2 aromatic carbocycles. The summed E-state index contributed by atoms with van der Waals surface area (Å²) in [5.74, 6) is -1.05. The number of benzene rings is 2. The van der Waals surface area contributed by atoms with Crippen LogP contribution < -0.4 is 15.5 Å². The number of carbonyl (C=O) groups is 4. The average molecular weight is 847 g/mol. The second kappa shape index (κ2) is 16.8. The van der Waals surface area contributed by atoms with Crippen molar-refractivity contribution < 1.29 is 41.5 Å². The number of methoxy groups -OCH3 is 1. The number of alkyl halides is 3. The Hall–Kier alpha value is -6.00. The SMILES string of the molecule is COC(=O)N[C@H](C(=O)N1CCCC1c1nc(-c2ccc(-c3cc(F)c(NC(=O)c4ccc(N5CCN(C(=O)[C@H]6CC6(C)C)CC5C)nc4)cc3C(F)(F)F)cc2)c[nH]1)C(C)C. The van der Waals surface area contributed by atoms with E-state index in [-0.39, 0.29) is 52.3 Å². The zero-order valence-electron chi connectivity index (χ0n) is 34.9. The number of alkyl carbamates (subject to hydrolysis) is 1. The van der Waals surface area contributed by atoms with Crippen molar-refractivity contribution in [3.8, 4) is 22.4 Å². The number of piperazine rings is 1. The number of hydrogen-bond acceptors (Lipinski definition) is 8. The number of anilines is 2. The number of carbonyl (C=O) groups excluding carboxylic acids is 4. The van der Waals surface area contributed by atoms with Crippen molar-refractivity contribution in [3.05, 3.63) is 83.7 Å². The third-order valence-electron chi connectivity index (χ3n) is 12.0. The van der Waals surface area contributed by atoms with Crippen molar-refractivity contribution in [1.29, 1.82) is 0 Å². The highest BCUT2D eigenvalue weighted by molar-refractivity contribution is 6.04. The number of rotatable bonds is 10. The van der Waals surface area contributed by atoms with Crippen LogP contribution in [0.3, 0.4) is 0 Å². The molecule has 17 heteroatoms. The number of nitrogens with zero attached hydrogens (tertiary/aromatic N) is 5. The molecule has 4 heterocycles. The van der Waals surface area contributed by atoms with Gasteiger partial charge in [0.1, 0.15) is 23.5 Å². The van der Waals surface area contributed by atoms with Gasteiger partial charge in [-0.25, -0.2) is 19.2 Å². The number of halogens is 4. The normalized spacial score (nSPS) is 20.4. The molecule has 324 valence electrons. The molecular weight excluding hydrogens is 797 g/mol. The molecular formula is C44H50F4N8O5. The molecule has 1 saturated carbocycles.